The number of piperazine rings is 3. The summed E-state index contributed by atoms with van der Waals surface area (Å²) in [5.74, 6) is -5.96. The van der Waals surface area contributed by atoms with Crippen LogP contribution in [0, 0.1) is 78.0 Å². The van der Waals surface area contributed by atoms with Gasteiger partial charge in [-0.15, -0.1) is 0 Å². The van der Waals surface area contributed by atoms with Crippen LogP contribution >= 0.6 is 128 Å². The maximum absolute atomic E-state index is 14.9. The number of amides is 3. The number of nitrogens with zero attached hydrogens (tertiary/aromatic N) is 18. The molecule has 732 valence electrons. The molecule has 0 radical (unpaired) electrons. The lowest BCUT2D eigenvalue weighted by molar-refractivity contribution is -0.131. The molecular weight excluding hydrogens is 2050 g/mol. The Labute approximate surface area is 863 Å². The Hall–Kier alpha value is -12.0. The van der Waals surface area contributed by atoms with Gasteiger partial charge in [-0.3, -0.25) is 57.4 Å². The van der Waals surface area contributed by atoms with Crippen LogP contribution in [0.5, 0.6) is 0 Å². The molecule has 15 rings (SSSR count). The first-order chi connectivity index (χ1) is 66.5. The van der Waals surface area contributed by atoms with Gasteiger partial charge in [-0.05, 0) is 151 Å². The Morgan fingerprint density at radius 2 is 0.617 bits per heavy atom. The maximum Gasteiger partial charge on any atom is 0.276 e. The number of hydrogen-bond donors (Lipinski definition) is 3. The zero-order chi connectivity index (χ0) is 104. The molecule has 6 atom stereocenters. The molecule has 27 nitrogen and oxygen atoms in total. The Balaban J connectivity index is 0.000000178. The van der Waals surface area contributed by atoms with Crippen molar-refractivity contribution in [2.45, 2.75) is 158 Å². The van der Waals surface area contributed by atoms with E-state index < -0.39 is 77.1 Å². The summed E-state index contributed by atoms with van der Waals surface area (Å²) in [5, 5.41) is 29.5. The maximum atomic E-state index is 14.9. The summed E-state index contributed by atoms with van der Waals surface area (Å²) in [6.07, 6.45) is 8.68. The smallest absolute Gasteiger partial charge is 0.276 e. The number of nitrogens with two attached hydrogens (primary N) is 3. The van der Waals surface area contributed by atoms with Gasteiger partial charge in [0, 0.05) is 127 Å². The molecule has 3 aromatic carbocycles. The molecule has 0 aliphatic carbocycles. The van der Waals surface area contributed by atoms with Crippen LogP contribution in [-0.4, -0.2) is 152 Å². The van der Waals surface area contributed by atoms with Gasteiger partial charge in [-0.2, -0.15) is 15.8 Å². The second-order valence-corrected chi connectivity index (χ2v) is 39.6. The molecule has 3 fully saturated rings. The third-order valence-electron chi connectivity index (χ3n) is 24.9. The number of nitriles is 3. The van der Waals surface area contributed by atoms with Crippen molar-refractivity contribution in [1.82, 2.24) is 58.3 Å². The third-order valence-corrected chi connectivity index (χ3v) is 29.0. The SMILES string of the molecule is C=CC(=O)N1[C@H](C)CN(c2c(C#N)c(=O)n(-c3c(C)ccnc3C(C)C)c3nc(-c4c(Cl)c(N)c(F)c(Cl)c4Cl)c(Cl)cc23)C[C@@H]1C.C=CC(=O)N1[C@H](C)CN(c2c(C#N)c(=O)n(-c3c(C)ccnc3C(C)C)c3nc(-c4c(Cl)c(N)c(F)c(Cl)c4Cl)c(Cl)cc23)C[C@@H]1C.C=CC(=O)N1[C@H](C)CN(c2c(C#N)c(=O)n(-c3c(C)ccnc3C(C)C)c3nc(-c4c(Cl)c(N)c(F)c(F)c4Cl)c(Cl)cc23)C[C@@H]1C. The van der Waals surface area contributed by atoms with E-state index in [1.54, 1.807) is 70.5 Å². The van der Waals surface area contributed by atoms with Crippen LogP contribution in [0.15, 0.2) is 107 Å². The van der Waals surface area contributed by atoms with E-state index in [-0.39, 0.29) is 193 Å². The quantitative estimate of drug-likeness (QED) is 0.0282. The molecule has 0 saturated carbocycles. The number of benzene rings is 3. The Bertz CT molecular complexity index is 6860. The van der Waals surface area contributed by atoms with E-state index in [0.717, 1.165) is 0 Å². The van der Waals surface area contributed by atoms with Crippen LogP contribution in [0.3, 0.4) is 0 Å². The zero-order valence-electron chi connectivity index (χ0n) is 78.4. The first-order valence-corrected chi connectivity index (χ1v) is 48.0. The van der Waals surface area contributed by atoms with E-state index >= 15 is 0 Å². The number of carbonyl (C=O) groups is 3. The molecule has 3 aliphatic heterocycles. The monoisotopic (exact) mass is 2130 g/mol. The number of anilines is 6. The fourth-order valence-electron chi connectivity index (χ4n) is 18.8. The van der Waals surface area contributed by atoms with Crippen molar-refractivity contribution in [3.63, 3.8) is 0 Å². The summed E-state index contributed by atoms with van der Waals surface area (Å²) in [6.45, 7) is 40.8. The molecule has 0 spiro atoms. The van der Waals surface area contributed by atoms with Gasteiger partial charge < -0.3 is 46.6 Å². The molecule has 12 heterocycles. The predicted octanol–water partition coefficient (Wildman–Crippen LogP) is 22.6. The molecule has 3 aliphatic rings. The van der Waals surface area contributed by atoms with Crippen LogP contribution in [0.4, 0.5) is 51.7 Å². The molecule has 3 saturated heterocycles. The summed E-state index contributed by atoms with van der Waals surface area (Å²) in [7, 11) is 0. The fourth-order valence-corrected chi connectivity index (χ4v) is 21.7. The van der Waals surface area contributed by atoms with Crippen molar-refractivity contribution in [2.24, 2.45) is 0 Å². The lowest BCUT2D eigenvalue weighted by atomic mass is 10.0. The highest BCUT2D eigenvalue weighted by Gasteiger charge is 2.42. The number of rotatable bonds is 15. The average molecular weight is 2140 g/mol. The molecule has 3 amide bonds. The first-order valence-electron chi connectivity index (χ1n) is 43.9. The standard InChI is InChI=1S/2C33H30Cl4FN7O2.C33H30Cl3F2N7O2/c3*1-7-21(46)44-16(5)12-43(13-17(44)6)31-18-10-20(34)29(22-23(35)25(37)26(38)27(40)24(22)36)42-32(18)45(33(47)19(31)11-39)30-15(4)8-9-41-28(30)14(2)3/h3*7-10,14,16-17H,1,12-13,40H2,2-6H3/t3*16-,17+. The predicted molar refractivity (Wildman–Crippen MR) is 555 cm³/mol. The first kappa shape index (κ1) is 106. The Morgan fingerprint density at radius 3 is 0.844 bits per heavy atom. The summed E-state index contributed by atoms with van der Waals surface area (Å²) in [4.78, 5) is 121. The van der Waals surface area contributed by atoms with Gasteiger partial charge in [0.1, 0.15) is 51.8 Å². The van der Waals surface area contributed by atoms with Gasteiger partial charge in [-0.25, -0.2) is 32.5 Å². The summed E-state index contributed by atoms with van der Waals surface area (Å²) >= 11 is 71.8. The van der Waals surface area contributed by atoms with E-state index in [9.17, 15) is 62.1 Å². The number of aryl methyl sites for hydroxylation is 3. The number of aromatic nitrogens is 9. The molecule has 12 aromatic rings. The van der Waals surface area contributed by atoms with Gasteiger partial charge in [0.2, 0.25) is 17.7 Å². The molecule has 9 aromatic heterocycles. The summed E-state index contributed by atoms with van der Waals surface area (Å²) in [5.41, 5.74) is 19.3. The van der Waals surface area contributed by atoms with Crippen LogP contribution in [0.25, 0.3) is 83.9 Å². The molecule has 6 N–H and O–H groups in total. The molecule has 42 heteroatoms. The van der Waals surface area contributed by atoms with Crippen molar-refractivity contribution in [2.75, 3.05) is 71.2 Å². The van der Waals surface area contributed by atoms with Gasteiger partial charge in [-0.1, -0.05) is 189 Å². The average Bonchev–Trinajstić information content (AvgIpc) is 0.725. The van der Waals surface area contributed by atoms with E-state index in [2.05, 4.69) is 52.9 Å². The van der Waals surface area contributed by atoms with Crippen molar-refractivity contribution in [3.8, 4) is 69.0 Å². The van der Waals surface area contributed by atoms with Crippen LogP contribution in [0.2, 0.25) is 55.2 Å². The molecule has 0 unspecified atom stereocenters. The van der Waals surface area contributed by atoms with Gasteiger partial charge in [0.05, 0.1) is 141 Å². The van der Waals surface area contributed by atoms with Crippen molar-refractivity contribution in [1.29, 1.82) is 15.8 Å². The fraction of sp³-hybridized carbons (Fsp3) is 0.303. The van der Waals surface area contributed by atoms with Crippen LogP contribution < -0.4 is 48.6 Å². The van der Waals surface area contributed by atoms with Crippen molar-refractivity contribution in [3.05, 3.63) is 253 Å². The van der Waals surface area contributed by atoms with E-state index in [1.807, 2.05) is 112 Å². The van der Waals surface area contributed by atoms with Crippen molar-refractivity contribution >= 4 is 213 Å². The summed E-state index contributed by atoms with van der Waals surface area (Å²) < 4.78 is 62.8. The van der Waals surface area contributed by atoms with Gasteiger partial charge >= 0.3 is 0 Å². The lowest BCUT2D eigenvalue weighted by Gasteiger charge is -2.45. The highest BCUT2D eigenvalue weighted by Crippen LogP contribution is 2.52. The normalized spacial score (nSPS) is 16.6. The number of hydrogen-bond acceptors (Lipinski definition) is 21. The highest BCUT2D eigenvalue weighted by molar-refractivity contribution is 6.49. The van der Waals surface area contributed by atoms with E-state index in [0.29, 0.717) is 105 Å². The van der Waals surface area contributed by atoms with Crippen molar-refractivity contribution < 1.29 is 31.9 Å². The van der Waals surface area contributed by atoms with Crippen LogP contribution in [0.1, 0.15) is 151 Å². The third kappa shape index (κ3) is 18.7. The zero-order valence-corrected chi connectivity index (χ0v) is 86.7. The second kappa shape index (κ2) is 41.9. The highest BCUT2D eigenvalue weighted by atomic mass is 35.5. The topological polar surface area (TPSA) is 363 Å². The Kier molecular flexibility index (Phi) is 31.6. The van der Waals surface area contributed by atoms with Gasteiger partial charge in [0.25, 0.3) is 16.7 Å². The lowest BCUT2D eigenvalue weighted by Crippen LogP contribution is -2.58. The minimum absolute atomic E-state index is 0.0117. The molecule has 0 bridgehead atoms. The number of pyridine rings is 9. The number of fused-ring (bicyclic) bond motifs is 3. The molecule has 141 heavy (non-hydrogen) atoms. The number of carbonyl (C=O) groups excluding carboxylic acids is 3. The Morgan fingerprint density at radius 1 is 0.383 bits per heavy atom. The minimum atomic E-state index is -1.44. The largest absolute Gasteiger partial charge is 0.395 e. The van der Waals surface area contributed by atoms with Gasteiger partial charge in [0.15, 0.2) is 23.3 Å². The van der Waals surface area contributed by atoms with Crippen LogP contribution in [-0.2, 0) is 14.4 Å². The minimum Gasteiger partial charge on any atom is -0.395 e. The van der Waals surface area contributed by atoms with E-state index in [1.165, 1.54) is 38.0 Å². The summed E-state index contributed by atoms with van der Waals surface area (Å²) in [6, 6.07) is 14.3. The number of halogens is 15. The molecular formula is C99H90Cl11F4N21O6. The second-order valence-electron chi connectivity index (χ2n) is 35.3. The van der Waals surface area contributed by atoms with E-state index in [4.69, 9.17) is 160 Å². The number of nitrogen functional groups attached to an aromatic ring is 3.